The Morgan fingerprint density at radius 1 is 1.33 bits per heavy atom. The highest BCUT2D eigenvalue weighted by Gasteiger charge is 2.23. The van der Waals surface area contributed by atoms with Crippen LogP contribution >= 0.6 is 0 Å². The lowest BCUT2D eigenvalue weighted by atomic mass is 10.0. The van der Waals surface area contributed by atoms with Crippen LogP contribution in [0, 0.1) is 11.6 Å². The zero-order valence-corrected chi connectivity index (χ0v) is 14.4. The molecule has 6 heteroatoms. The number of halogens is 2. The highest BCUT2D eigenvalue weighted by molar-refractivity contribution is 5.75. The van der Waals surface area contributed by atoms with E-state index in [1.807, 2.05) is 0 Å². The predicted octanol–water partition coefficient (Wildman–Crippen LogP) is 3.03. The Kier molecular flexibility index (Phi) is 7.12. The van der Waals surface area contributed by atoms with Crippen LogP contribution in [0.25, 0.3) is 0 Å². The number of benzene rings is 1. The van der Waals surface area contributed by atoms with Gasteiger partial charge in [-0.3, -0.25) is 4.79 Å². The molecule has 1 aromatic carbocycles. The van der Waals surface area contributed by atoms with Crippen LogP contribution in [0.3, 0.4) is 0 Å². The van der Waals surface area contributed by atoms with Gasteiger partial charge in [-0.1, -0.05) is 6.07 Å². The molecule has 1 saturated heterocycles. The minimum absolute atomic E-state index is 0.0154. The quantitative estimate of drug-likeness (QED) is 0.829. The average molecular weight is 340 g/mol. The molecule has 1 amide bonds. The second-order valence-corrected chi connectivity index (χ2v) is 6.45. The number of carbonyl (C=O) groups excluding carboxylic acids is 1. The van der Waals surface area contributed by atoms with Crippen molar-refractivity contribution in [2.24, 2.45) is 0 Å². The molecule has 0 bridgehead atoms. The van der Waals surface area contributed by atoms with Gasteiger partial charge in [0.05, 0.1) is 12.1 Å². The number of ether oxygens (including phenoxy) is 1. The SMILES string of the molecule is CN(C)C(CNC(=O)CCC1CCCCO1)c1c(F)cccc1F. The van der Waals surface area contributed by atoms with E-state index < -0.39 is 17.7 Å². The molecule has 0 aliphatic carbocycles. The maximum absolute atomic E-state index is 14.0. The molecular formula is C18H26F2N2O2. The maximum Gasteiger partial charge on any atom is 0.220 e. The molecule has 1 aliphatic rings. The van der Waals surface area contributed by atoms with Crippen LogP contribution in [-0.4, -0.2) is 44.2 Å². The summed E-state index contributed by atoms with van der Waals surface area (Å²) in [4.78, 5) is 13.7. The summed E-state index contributed by atoms with van der Waals surface area (Å²) < 4.78 is 33.6. The van der Waals surface area contributed by atoms with Gasteiger partial charge < -0.3 is 15.0 Å². The van der Waals surface area contributed by atoms with Crippen molar-refractivity contribution in [2.45, 2.75) is 44.2 Å². The third-order valence-electron chi connectivity index (χ3n) is 4.42. The van der Waals surface area contributed by atoms with E-state index in [2.05, 4.69) is 5.32 Å². The van der Waals surface area contributed by atoms with Crippen LogP contribution in [0.15, 0.2) is 18.2 Å². The number of hydrogen-bond donors (Lipinski definition) is 1. The van der Waals surface area contributed by atoms with E-state index >= 15 is 0 Å². The summed E-state index contributed by atoms with van der Waals surface area (Å²) in [6.07, 6.45) is 4.42. The Labute approximate surface area is 142 Å². The largest absolute Gasteiger partial charge is 0.378 e. The van der Waals surface area contributed by atoms with Crippen molar-refractivity contribution in [1.82, 2.24) is 10.2 Å². The topological polar surface area (TPSA) is 41.6 Å². The van der Waals surface area contributed by atoms with Crippen molar-refractivity contribution in [2.75, 3.05) is 27.2 Å². The van der Waals surface area contributed by atoms with Gasteiger partial charge in [0, 0.05) is 25.1 Å². The van der Waals surface area contributed by atoms with Crippen LogP contribution in [0.4, 0.5) is 8.78 Å². The molecule has 0 saturated carbocycles. The third kappa shape index (κ3) is 5.24. The van der Waals surface area contributed by atoms with Gasteiger partial charge in [-0.05, 0) is 51.9 Å². The van der Waals surface area contributed by atoms with E-state index in [9.17, 15) is 13.6 Å². The zero-order chi connectivity index (χ0) is 17.5. The Balaban J connectivity index is 1.88. The Hall–Kier alpha value is -1.53. The van der Waals surface area contributed by atoms with Crippen molar-refractivity contribution in [3.8, 4) is 0 Å². The van der Waals surface area contributed by atoms with Gasteiger partial charge >= 0.3 is 0 Å². The molecule has 1 aliphatic heterocycles. The van der Waals surface area contributed by atoms with Crippen LogP contribution in [0.5, 0.6) is 0 Å². The summed E-state index contributed by atoms with van der Waals surface area (Å²) in [7, 11) is 3.47. The number of hydrogen-bond acceptors (Lipinski definition) is 3. The van der Waals surface area contributed by atoms with E-state index in [0.717, 1.165) is 25.9 Å². The van der Waals surface area contributed by atoms with E-state index in [1.54, 1.807) is 19.0 Å². The minimum Gasteiger partial charge on any atom is -0.378 e. The van der Waals surface area contributed by atoms with Crippen molar-refractivity contribution in [1.29, 1.82) is 0 Å². The number of nitrogens with one attached hydrogen (secondary N) is 1. The normalized spacial score (nSPS) is 19.3. The minimum atomic E-state index is -0.599. The van der Waals surface area contributed by atoms with Gasteiger partial charge in [0.25, 0.3) is 0 Å². The number of likely N-dealkylation sites (N-methyl/N-ethyl adjacent to an activating group) is 1. The lowest BCUT2D eigenvalue weighted by Gasteiger charge is -2.26. The molecule has 2 atom stereocenters. The lowest BCUT2D eigenvalue weighted by molar-refractivity contribution is -0.122. The molecule has 134 valence electrons. The van der Waals surface area contributed by atoms with Crippen LogP contribution in [-0.2, 0) is 9.53 Å². The smallest absolute Gasteiger partial charge is 0.220 e. The number of carbonyl (C=O) groups is 1. The second-order valence-electron chi connectivity index (χ2n) is 6.45. The number of rotatable bonds is 7. The number of amides is 1. The Morgan fingerprint density at radius 3 is 2.62 bits per heavy atom. The van der Waals surface area contributed by atoms with Gasteiger partial charge in [0.1, 0.15) is 11.6 Å². The first kappa shape index (κ1) is 18.8. The Morgan fingerprint density at radius 2 is 2.04 bits per heavy atom. The van der Waals surface area contributed by atoms with Crippen molar-refractivity contribution >= 4 is 5.91 Å². The first-order chi connectivity index (χ1) is 11.5. The van der Waals surface area contributed by atoms with Crippen molar-refractivity contribution in [3.63, 3.8) is 0 Å². The van der Waals surface area contributed by atoms with Crippen LogP contribution in [0.2, 0.25) is 0 Å². The summed E-state index contributed by atoms with van der Waals surface area (Å²) in [5, 5.41) is 2.79. The second kappa shape index (κ2) is 9.08. The summed E-state index contributed by atoms with van der Waals surface area (Å²) in [5.41, 5.74) is -0.0154. The van der Waals surface area contributed by atoms with Crippen molar-refractivity contribution < 1.29 is 18.3 Å². The zero-order valence-electron chi connectivity index (χ0n) is 14.4. The van der Waals surface area contributed by atoms with E-state index in [4.69, 9.17) is 4.74 Å². The van der Waals surface area contributed by atoms with Gasteiger partial charge in [-0.2, -0.15) is 0 Å². The molecule has 2 unspecified atom stereocenters. The molecule has 24 heavy (non-hydrogen) atoms. The first-order valence-corrected chi connectivity index (χ1v) is 8.47. The van der Waals surface area contributed by atoms with Gasteiger partial charge in [-0.25, -0.2) is 8.78 Å². The van der Waals surface area contributed by atoms with Crippen molar-refractivity contribution in [3.05, 3.63) is 35.4 Å². The van der Waals surface area contributed by atoms with Crippen LogP contribution < -0.4 is 5.32 Å². The fourth-order valence-corrected chi connectivity index (χ4v) is 3.00. The molecule has 0 spiro atoms. The lowest BCUT2D eigenvalue weighted by Crippen LogP contribution is -2.36. The average Bonchev–Trinajstić information content (AvgIpc) is 2.56. The fourth-order valence-electron chi connectivity index (χ4n) is 3.00. The molecule has 1 aromatic rings. The van der Waals surface area contributed by atoms with Gasteiger partial charge in [0.15, 0.2) is 0 Å². The van der Waals surface area contributed by atoms with E-state index in [1.165, 1.54) is 18.2 Å². The molecular weight excluding hydrogens is 314 g/mol. The summed E-state index contributed by atoms with van der Waals surface area (Å²) >= 11 is 0. The molecule has 4 nitrogen and oxygen atoms in total. The number of nitrogens with zero attached hydrogens (tertiary/aromatic N) is 1. The molecule has 0 radical (unpaired) electrons. The molecule has 1 N–H and O–H groups in total. The summed E-state index contributed by atoms with van der Waals surface area (Å²) in [6, 6.07) is 3.25. The van der Waals surface area contributed by atoms with E-state index in [-0.39, 0.29) is 24.1 Å². The van der Waals surface area contributed by atoms with Gasteiger partial charge in [-0.15, -0.1) is 0 Å². The highest BCUT2D eigenvalue weighted by Crippen LogP contribution is 2.24. The molecule has 0 aromatic heterocycles. The molecule has 1 heterocycles. The standard InChI is InChI=1S/C18H26F2N2O2/c1-22(2)16(18-14(19)7-5-8-15(18)20)12-21-17(23)10-9-13-6-3-4-11-24-13/h5,7-8,13,16H,3-4,6,9-12H2,1-2H3,(H,21,23). The van der Waals surface area contributed by atoms with Crippen LogP contribution in [0.1, 0.15) is 43.7 Å². The monoisotopic (exact) mass is 340 g/mol. The molecule has 1 fully saturated rings. The summed E-state index contributed by atoms with van der Waals surface area (Å²) in [5.74, 6) is -1.31. The van der Waals surface area contributed by atoms with E-state index in [0.29, 0.717) is 12.8 Å². The summed E-state index contributed by atoms with van der Waals surface area (Å²) in [6.45, 7) is 0.927. The maximum atomic E-state index is 14.0. The first-order valence-electron chi connectivity index (χ1n) is 8.47. The Bertz CT molecular complexity index is 526. The fraction of sp³-hybridized carbons (Fsp3) is 0.611. The third-order valence-corrected chi connectivity index (χ3v) is 4.42. The van der Waals surface area contributed by atoms with Gasteiger partial charge in [0.2, 0.25) is 5.91 Å². The highest BCUT2D eigenvalue weighted by atomic mass is 19.1. The predicted molar refractivity (Wildman–Crippen MR) is 88.6 cm³/mol. The molecule has 2 rings (SSSR count).